The topological polar surface area (TPSA) is 58.0 Å². The second-order valence-electron chi connectivity index (χ2n) is 6.98. The van der Waals surface area contributed by atoms with E-state index in [2.05, 4.69) is 50.5 Å². The van der Waals surface area contributed by atoms with Crippen molar-refractivity contribution >= 4 is 16.5 Å². The Morgan fingerprint density at radius 1 is 1.11 bits per heavy atom. The molecule has 6 heteroatoms. The number of nitrogens with zero attached hydrogens (tertiary/aromatic N) is 3. The molecule has 1 aliphatic heterocycles. The highest BCUT2D eigenvalue weighted by atomic mass is 19.1. The van der Waals surface area contributed by atoms with Crippen LogP contribution in [0.5, 0.6) is 0 Å². The van der Waals surface area contributed by atoms with Crippen molar-refractivity contribution in [2.75, 3.05) is 13.1 Å². The molecular formula is C22H19FN4O. The van der Waals surface area contributed by atoms with Crippen LogP contribution in [0.25, 0.3) is 27.9 Å². The highest BCUT2D eigenvalue weighted by Crippen LogP contribution is 2.29. The van der Waals surface area contributed by atoms with Crippen LogP contribution in [0, 0.1) is 5.82 Å². The molecule has 3 heterocycles. The molecule has 140 valence electrons. The third-order valence-electron chi connectivity index (χ3n) is 5.16. The zero-order valence-electron chi connectivity index (χ0n) is 15.2. The average Bonchev–Trinajstić information content (AvgIpc) is 3.36. The van der Waals surface area contributed by atoms with Gasteiger partial charge in [-0.2, -0.15) is 4.98 Å². The molecular weight excluding hydrogens is 355 g/mol. The van der Waals surface area contributed by atoms with E-state index in [1.54, 1.807) is 12.1 Å². The van der Waals surface area contributed by atoms with Crippen LogP contribution in [-0.4, -0.2) is 33.1 Å². The number of H-pyrrole nitrogens is 1. The summed E-state index contributed by atoms with van der Waals surface area (Å²) in [7, 11) is 0. The molecule has 0 amide bonds. The summed E-state index contributed by atoms with van der Waals surface area (Å²) in [6, 6.07) is 14.5. The molecule has 0 atom stereocenters. The Morgan fingerprint density at radius 3 is 2.79 bits per heavy atom. The molecule has 0 aliphatic carbocycles. The lowest BCUT2D eigenvalue weighted by Crippen LogP contribution is -2.28. The van der Waals surface area contributed by atoms with Gasteiger partial charge in [0.1, 0.15) is 5.82 Å². The molecule has 1 N–H and O–H groups in total. The number of para-hydroxylation sites is 1. The van der Waals surface area contributed by atoms with Crippen molar-refractivity contribution in [3.63, 3.8) is 0 Å². The molecule has 2 aromatic heterocycles. The van der Waals surface area contributed by atoms with Crippen molar-refractivity contribution in [2.24, 2.45) is 0 Å². The van der Waals surface area contributed by atoms with E-state index in [4.69, 9.17) is 4.52 Å². The maximum Gasteiger partial charge on any atom is 0.241 e. The highest BCUT2D eigenvalue weighted by molar-refractivity contribution is 5.92. The molecule has 0 saturated carbocycles. The first kappa shape index (κ1) is 16.9. The zero-order chi connectivity index (χ0) is 18.9. The van der Waals surface area contributed by atoms with Crippen LogP contribution < -0.4 is 0 Å². The van der Waals surface area contributed by atoms with Crippen LogP contribution in [-0.2, 0) is 6.54 Å². The van der Waals surface area contributed by atoms with Crippen molar-refractivity contribution in [2.45, 2.75) is 13.0 Å². The van der Waals surface area contributed by atoms with Crippen molar-refractivity contribution < 1.29 is 8.91 Å². The predicted molar refractivity (Wildman–Crippen MR) is 106 cm³/mol. The van der Waals surface area contributed by atoms with Gasteiger partial charge < -0.3 is 9.51 Å². The maximum absolute atomic E-state index is 13.1. The summed E-state index contributed by atoms with van der Waals surface area (Å²) >= 11 is 0. The summed E-state index contributed by atoms with van der Waals surface area (Å²) in [5, 5.41) is 5.28. The van der Waals surface area contributed by atoms with E-state index in [1.165, 1.54) is 34.2 Å². The first-order valence-corrected chi connectivity index (χ1v) is 9.33. The van der Waals surface area contributed by atoms with Gasteiger partial charge in [0.2, 0.25) is 11.7 Å². The van der Waals surface area contributed by atoms with Crippen LogP contribution in [0.15, 0.2) is 65.3 Å². The first-order valence-electron chi connectivity index (χ1n) is 9.33. The SMILES string of the molecule is Fc1ccc(-c2noc(CN3CC=C(c4c[nH]c5ccccc45)CC3)n2)cc1. The summed E-state index contributed by atoms with van der Waals surface area (Å²) < 4.78 is 18.4. The number of aromatic amines is 1. The first-order chi connectivity index (χ1) is 13.8. The molecule has 0 unspecified atom stereocenters. The van der Waals surface area contributed by atoms with Gasteiger partial charge in [-0.25, -0.2) is 4.39 Å². The van der Waals surface area contributed by atoms with Crippen molar-refractivity contribution in [1.82, 2.24) is 20.0 Å². The Morgan fingerprint density at radius 2 is 1.96 bits per heavy atom. The number of halogens is 1. The number of nitrogens with one attached hydrogen (secondary N) is 1. The second-order valence-corrected chi connectivity index (χ2v) is 6.98. The van der Waals surface area contributed by atoms with E-state index >= 15 is 0 Å². The van der Waals surface area contributed by atoms with Crippen molar-refractivity contribution in [3.8, 4) is 11.4 Å². The minimum atomic E-state index is -0.279. The molecule has 0 radical (unpaired) electrons. The van der Waals surface area contributed by atoms with Gasteiger partial charge in [0.25, 0.3) is 0 Å². The van der Waals surface area contributed by atoms with E-state index < -0.39 is 0 Å². The Labute approximate surface area is 161 Å². The third kappa shape index (κ3) is 3.23. The zero-order valence-corrected chi connectivity index (χ0v) is 15.2. The Hall–Kier alpha value is -3.25. The van der Waals surface area contributed by atoms with Gasteiger partial charge in [-0.3, -0.25) is 4.90 Å². The molecule has 5 rings (SSSR count). The van der Waals surface area contributed by atoms with E-state index in [0.717, 1.165) is 25.1 Å². The molecule has 0 fully saturated rings. The molecule has 0 spiro atoms. The summed E-state index contributed by atoms with van der Waals surface area (Å²) in [6.45, 7) is 2.37. The van der Waals surface area contributed by atoms with Crippen LogP contribution in [0.4, 0.5) is 4.39 Å². The lowest BCUT2D eigenvalue weighted by molar-refractivity contribution is 0.245. The lowest BCUT2D eigenvalue weighted by Gasteiger charge is -2.24. The number of rotatable bonds is 4. The van der Waals surface area contributed by atoms with Gasteiger partial charge in [-0.15, -0.1) is 0 Å². The molecule has 28 heavy (non-hydrogen) atoms. The van der Waals surface area contributed by atoms with E-state index in [1.807, 2.05) is 6.07 Å². The Balaban J connectivity index is 1.28. The lowest BCUT2D eigenvalue weighted by atomic mass is 9.99. The fraction of sp³-hybridized carbons (Fsp3) is 0.182. The normalized spacial score (nSPS) is 15.1. The maximum atomic E-state index is 13.1. The number of fused-ring (bicyclic) bond motifs is 1. The summed E-state index contributed by atoms with van der Waals surface area (Å²) in [5.74, 6) is 0.781. The minimum Gasteiger partial charge on any atom is -0.361 e. The second kappa shape index (κ2) is 7.05. The summed E-state index contributed by atoms with van der Waals surface area (Å²) in [5.41, 5.74) is 4.56. The van der Waals surface area contributed by atoms with Crippen LogP contribution in [0.2, 0.25) is 0 Å². The van der Waals surface area contributed by atoms with E-state index in [9.17, 15) is 4.39 Å². The van der Waals surface area contributed by atoms with Crippen LogP contribution in [0.1, 0.15) is 17.9 Å². The van der Waals surface area contributed by atoms with Crippen molar-refractivity contribution in [3.05, 3.63) is 78.1 Å². The number of benzene rings is 2. The van der Waals surface area contributed by atoms with E-state index in [0.29, 0.717) is 18.3 Å². The molecule has 0 saturated heterocycles. The molecule has 1 aliphatic rings. The fourth-order valence-electron chi connectivity index (χ4n) is 3.66. The largest absolute Gasteiger partial charge is 0.361 e. The minimum absolute atomic E-state index is 0.279. The third-order valence-corrected chi connectivity index (χ3v) is 5.16. The number of aromatic nitrogens is 3. The summed E-state index contributed by atoms with van der Waals surface area (Å²) in [4.78, 5) is 10.1. The number of hydrogen-bond acceptors (Lipinski definition) is 4. The Kier molecular flexibility index (Phi) is 4.25. The van der Waals surface area contributed by atoms with Crippen LogP contribution >= 0.6 is 0 Å². The van der Waals surface area contributed by atoms with Gasteiger partial charge in [0, 0.05) is 41.3 Å². The van der Waals surface area contributed by atoms with Crippen LogP contribution in [0.3, 0.4) is 0 Å². The Bertz CT molecular complexity index is 1140. The van der Waals surface area contributed by atoms with Gasteiger partial charge in [0.15, 0.2) is 0 Å². The highest BCUT2D eigenvalue weighted by Gasteiger charge is 2.18. The quantitative estimate of drug-likeness (QED) is 0.565. The van der Waals surface area contributed by atoms with Crippen molar-refractivity contribution in [1.29, 1.82) is 0 Å². The van der Waals surface area contributed by atoms with Gasteiger partial charge in [0.05, 0.1) is 6.54 Å². The van der Waals surface area contributed by atoms with E-state index in [-0.39, 0.29) is 5.82 Å². The molecule has 2 aromatic carbocycles. The van der Waals surface area contributed by atoms with Gasteiger partial charge >= 0.3 is 0 Å². The molecule has 0 bridgehead atoms. The summed E-state index contributed by atoms with van der Waals surface area (Å²) in [6.07, 6.45) is 5.34. The molecule has 5 nitrogen and oxygen atoms in total. The monoisotopic (exact) mass is 374 g/mol. The number of hydrogen-bond donors (Lipinski definition) is 1. The standard InChI is InChI=1S/C22H19FN4O/c23-17-7-5-16(6-8-17)22-25-21(28-26-22)14-27-11-9-15(10-12-27)19-13-24-20-4-2-1-3-18(19)20/h1-9,13,24H,10-12,14H2. The van der Waals surface area contributed by atoms with Gasteiger partial charge in [-0.05, 0) is 42.3 Å². The smallest absolute Gasteiger partial charge is 0.241 e. The predicted octanol–water partition coefficient (Wildman–Crippen LogP) is 4.65. The molecule has 4 aromatic rings. The average molecular weight is 374 g/mol. The van der Waals surface area contributed by atoms with Gasteiger partial charge in [-0.1, -0.05) is 29.4 Å². The fourth-order valence-corrected chi connectivity index (χ4v) is 3.66.